The lowest BCUT2D eigenvalue weighted by Gasteiger charge is -2.43. The number of benzene rings is 3. The number of allylic oxidation sites excluding steroid dienone is 5. The van der Waals surface area contributed by atoms with Gasteiger partial charge in [-0.25, -0.2) is 29.9 Å². The van der Waals surface area contributed by atoms with E-state index in [1.54, 1.807) is 31.1 Å². The topological polar surface area (TPSA) is 205 Å². The van der Waals surface area contributed by atoms with Crippen molar-refractivity contribution in [3.05, 3.63) is 175 Å². The second-order valence-electron chi connectivity index (χ2n) is 13.9. The van der Waals surface area contributed by atoms with Crippen LogP contribution >= 0.6 is 0 Å². The van der Waals surface area contributed by atoms with Gasteiger partial charge in [0.1, 0.15) is 17.3 Å². The Bertz CT molecular complexity index is 3410. The standard InChI is InChI=1S/C43H26N16/c1-3-9-25-23(7-1)17-45-38(25)26-13-14-34-36(42-46-18-24-8-2-4-10-27(24)53-42)37(43-47-20-33-41(54-43)49-22-48-33)35(31-19-44-28-11-5-6-12-29(28)52-31)40(30-15-16-50-57-55-30)59(34)39(26)32-21-51-58-56-32/h1-22,40,45H,(H,51,56,58)(H,47,48,49,54). The van der Waals surface area contributed by atoms with Crippen LogP contribution in [-0.4, -0.2) is 80.6 Å². The molecule has 0 spiro atoms. The SMILES string of the molecule is C1=CC2=C(c3ncc4ccccc4n3)C(c3ncc4[nH]cnc4n3)=C(c3cnc4ccccc4n3)C(c3ccnnn3)N2C(c2c[nH]nn2)=C1c1[nH]cc2ccccc12. The number of hydrogen-bond acceptors (Lipinski definition) is 13. The highest BCUT2D eigenvalue weighted by Crippen LogP contribution is 2.55. The van der Waals surface area contributed by atoms with Crippen LogP contribution in [0, 0.1) is 0 Å². The Balaban J connectivity index is 1.26. The number of imidazole rings is 1. The molecule has 278 valence electrons. The molecule has 0 bridgehead atoms. The van der Waals surface area contributed by atoms with E-state index in [0.29, 0.717) is 62.1 Å². The summed E-state index contributed by atoms with van der Waals surface area (Å²) >= 11 is 0. The van der Waals surface area contributed by atoms with Crippen LogP contribution in [0.3, 0.4) is 0 Å². The van der Waals surface area contributed by atoms with Gasteiger partial charge in [-0.15, -0.1) is 15.3 Å². The molecule has 9 heterocycles. The summed E-state index contributed by atoms with van der Waals surface area (Å²) in [5, 5.41) is 27.8. The molecule has 0 saturated carbocycles. The lowest BCUT2D eigenvalue weighted by molar-refractivity contribution is 0.429. The van der Waals surface area contributed by atoms with E-state index in [1.165, 1.54) is 0 Å². The van der Waals surface area contributed by atoms with Crippen molar-refractivity contribution < 1.29 is 0 Å². The largest absolute Gasteiger partial charge is 0.360 e. The van der Waals surface area contributed by atoms with Gasteiger partial charge in [0.05, 0.1) is 81.7 Å². The van der Waals surface area contributed by atoms with Crippen molar-refractivity contribution >= 4 is 71.9 Å². The van der Waals surface area contributed by atoms with Crippen molar-refractivity contribution in [1.82, 2.24) is 80.6 Å². The smallest absolute Gasteiger partial charge is 0.181 e. The van der Waals surface area contributed by atoms with E-state index in [4.69, 9.17) is 35.0 Å². The van der Waals surface area contributed by atoms with Gasteiger partial charge in [-0.3, -0.25) is 10.1 Å². The summed E-state index contributed by atoms with van der Waals surface area (Å²) in [5.41, 5.74) is 10.2. The number of aromatic nitrogens is 15. The van der Waals surface area contributed by atoms with Gasteiger partial charge in [0.25, 0.3) is 0 Å². The van der Waals surface area contributed by atoms with Gasteiger partial charge < -0.3 is 14.9 Å². The number of para-hydroxylation sites is 3. The molecule has 0 fully saturated rings. The minimum atomic E-state index is -0.749. The molecule has 1 unspecified atom stereocenters. The second-order valence-corrected chi connectivity index (χ2v) is 13.9. The highest BCUT2D eigenvalue weighted by atomic mass is 15.4. The van der Waals surface area contributed by atoms with Gasteiger partial charge in [0.2, 0.25) is 0 Å². The van der Waals surface area contributed by atoms with Gasteiger partial charge in [-0.2, -0.15) is 0 Å². The highest BCUT2D eigenvalue weighted by Gasteiger charge is 2.45. The van der Waals surface area contributed by atoms with Crippen LogP contribution in [0.2, 0.25) is 0 Å². The Labute approximate surface area is 332 Å². The van der Waals surface area contributed by atoms with Crippen molar-refractivity contribution in [2.75, 3.05) is 0 Å². The molecular weight excluding hydrogens is 741 g/mol. The van der Waals surface area contributed by atoms with E-state index in [0.717, 1.165) is 49.9 Å². The molecule has 2 aliphatic rings. The Morgan fingerprint density at radius 3 is 2.34 bits per heavy atom. The third kappa shape index (κ3) is 5.16. The Hall–Kier alpha value is -8.66. The van der Waals surface area contributed by atoms with Crippen LogP contribution in [0.15, 0.2) is 140 Å². The number of fused-ring (bicyclic) bond motifs is 5. The first-order valence-corrected chi connectivity index (χ1v) is 18.7. The molecule has 10 aromatic rings. The van der Waals surface area contributed by atoms with Crippen molar-refractivity contribution in [3.63, 3.8) is 0 Å². The van der Waals surface area contributed by atoms with Crippen LogP contribution in [-0.2, 0) is 0 Å². The molecule has 1 atom stereocenters. The molecule has 3 aromatic carbocycles. The number of rotatable bonds is 6. The summed E-state index contributed by atoms with van der Waals surface area (Å²) in [6.07, 6.45) is 16.5. The van der Waals surface area contributed by atoms with Crippen LogP contribution in [0.5, 0.6) is 0 Å². The van der Waals surface area contributed by atoms with Crippen LogP contribution in [0.4, 0.5) is 0 Å². The first-order valence-electron chi connectivity index (χ1n) is 18.7. The minimum Gasteiger partial charge on any atom is -0.360 e. The average Bonchev–Trinajstić information content (AvgIpc) is 4.10. The van der Waals surface area contributed by atoms with Crippen LogP contribution < -0.4 is 0 Å². The van der Waals surface area contributed by atoms with Crippen LogP contribution in [0.25, 0.3) is 71.9 Å². The van der Waals surface area contributed by atoms with Crippen molar-refractivity contribution in [3.8, 4) is 0 Å². The molecular formula is C43H26N16. The third-order valence-corrected chi connectivity index (χ3v) is 10.6. The summed E-state index contributed by atoms with van der Waals surface area (Å²) in [7, 11) is 0. The van der Waals surface area contributed by atoms with E-state index in [2.05, 4.69) is 69.9 Å². The van der Waals surface area contributed by atoms with Gasteiger partial charge in [0.15, 0.2) is 17.3 Å². The number of nitrogens with zero attached hydrogens (tertiary/aromatic N) is 13. The molecule has 2 aliphatic heterocycles. The molecule has 0 radical (unpaired) electrons. The molecule has 16 nitrogen and oxygen atoms in total. The predicted molar refractivity (Wildman–Crippen MR) is 220 cm³/mol. The summed E-state index contributed by atoms with van der Waals surface area (Å²) in [6, 6.07) is 25.0. The number of aromatic amines is 3. The number of hydrogen-bond donors (Lipinski definition) is 3. The van der Waals surface area contributed by atoms with Crippen molar-refractivity contribution in [2.45, 2.75) is 6.04 Å². The average molecular weight is 767 g/mol. The quantitative estimate of drug-likeness (QED) is 0.165. The first kappa shape index (κ1) is 32.6. The van der Waals surface area contributed by atoms with Gasteiger partial charge in [-0.05, 0) is 47.0 Å². The molecule has 0 saturated heterocycles. The monoisotopic (exact) mass is 766 g/mol. The Kier molecular flexibility index (Phi) is 7.15. The maximum atomic E-state index is 5.29. The lowest BCUT2D eigenvalue weighted by atomic mass is 9.81. The van der Waals surface area contributed by atoms with E-state index in [1.807, 2.05) is 79.1 Å². The molecule has 12 rings (SSSR count). The van der Waals surface area contributed by atoms with E-state index in [-0.39, 0.29) is 0 Å². The summed E-state index contributed by atoms with van der Waals surface area (Å²) < 4.78 is 0. The lowest BCUT2D eigenvalue weighted by Crippen LogP contribution is -2.35. The van der Waals surface area contributed by atoms with E-state index >= 15 is 0 Å². The fraction of sp³-hybridized carbons (Fsp3) is 0.0233. The van der Waals surface area contributed by atoms with Crippen molar-refractivity contribution in [2.24, 2.45) is 0 Å². The van der Waals surface area contributed by atoms with Crippen molar-refractivity contribution in [1.29, 1.82) is 0 Å². The van der Waals surface area contributed by atoms with Crippen LogP contribution in [0.1, 0.15) is 40.5 Å². The molecule has 0 amide bonds. The van der Waals surface area contributed by atoms with Gasteiger partial charge in [0, 0.05) is 39.9 Å². The number of H-pyrrole nitrogens is 3. The zero-order chi connectivity index (χ0) is 38.9. The predicted octanol–water partition coefficient (Wildman–Crippen LogP) is 6.54. The maximum Gasteiger partial charge on any atom is 0.181 e. The van der Waals surface area contributed by atoms with Gasteiger partial charge in [-0.1, -0.05) is 59.8 Å². The Morgan fingerprint density at radius 1 is 0.627 bits per heavy atom. The second kappa shape index (κ2) is 13.0. The third-order valence-electron chi connectivity index (χ3n) is 10.6. The van der Waals surface area contributed by atoms with E-state index in [9.17, 15) is 0 Å². The molecule has 59 heavy (non-hydrogen) atoms. The molecule has 7 aromatic heterocycles. The molecule has 0 aliphatic carbocycles. The number of nitrogens with one attached hydrogen (secondary N) is 3. The zero-order valence-electron chi connectivity index (χ0n) is 30.6. The highest BCUT2D eigenvalue weighted by molar-refractivity contribution is 6.18. The zero-order valence-corrected chi connectivity index (χ0v) is 30.6. The maximum absolute atomic E-state index is 5.29. The summed E-state index contributed by atoms with van der Waals surface area (Å²) in [6.45, 7) is 0. The first-order chi connectivity index (χ1) is 29.3. The minimum absolute atomic E-state index is 0.377. The van der Waals surface area contributed by atoms with E-state index < -0.39 is 6.04 Å². The fourth-order valence-electron chi connectivity index (χ4n) is 8.09. The fourth-order valence-corrected chi connectivity index (χ4v) is 8.09. The molecule has 16 heteroatoms. The normalized spacial score (nSPS) is 15.7. The van der Waals surface area contributed by atoms with Gasteiger partial charge >= 0.3 is 0 Å². The molecule has 3 N–H and O–H groups in total. The summed E-state index contributed by atoms with van der Waals surface area (Å²) in [4.78, 5) is 44.0. The summed E-state index contributed by atoms with van der Waals surface area (Å²) in [5.74, 6) is 0.815. The Morgan fingerprint density at radius 2 is 1.46 bits per heavy atom.